The maximum absolute atomic E-state index is 13.4. The minimum atomic E-state index is -1.21. The third-order valence-electron chi connectivity index (χ3n) is 10.1. The maximum atomic E-state index is 13.4. The Labute approximate surface area is 328 Å². The van der Waals surface area contributed by atoms with Crippen LogP contribution in [0.3, 0.4) is 0 Å². The molecule has 0 spiro atoms. The molecule has 0 bridgehead atoms. The lowest BCUT2D eigenvalue weighted by Gasteiger charge is -2.42. The number of nitrogens with one attached hydrogen (secondary N) is 3. The second kappa shape index (κ2) is 18.0. The summed E-state index contributed by atoms with van der Waals surface area (Å²) in [5.41, 5.74) is 0.270. The Kier molecular flexibility index (Phi) is 13.4. The van der Waals surface area contributed by atoms with Gasteiger partial charge in [0.2, 0.25) is 5.91 Å². The zero-order valence-electron chi connectivity index (χ0n) is 33.5. The Hall–Kier alpha value is -5.44. The van der Waals surface area contributed by atoms with Crippen LogP contribution in [0.4, 0.5) is 20.2 Å². The second-order valence-corrected chi connectivity index (χ2v) is 16.2. The Morgan fingerprint density at radius 2 is 1.55 bits per heavy atom. The molecule has 2 aromatic carbocycles. The maximum Gasteiger partial charge on any atom is 0.408 e. The molecule has 15 nitrogen and oxygen atoms in total. The van der Waals surface area contributed by atoms with Gasteiger partial charge in [0, 0.05) is 44.5 Å². The van der Waals surface area contributed by atoms with Gasteiger partial charge in [-0.05, 0) is 110 Å². The van der Waals surface area contributed by atoms with Gasteiger partial charge in [0.25, 0.3) is 0 Å². The largest absolute Gasteiger partial charge is 0.445 e. The molecule has 2 aliphatic rings. The molecule has 0 unspecified atom stereocenters. The summed E-state index contributed by atoms with van der Waals surface area (Å²) in [6.45, 7) is 16.0. The van der Waals surface area contributed by atoms with Crippen LogP contribution < -0.4 is 21.6 Å². The van der Waals surface area contributed by atoms with Gasteiger partial charge >= 0.3 is 23.9 Å². The van der Waals surface area contributed by atoms with Gasteiger partial charge in [-0.15, -0.1) is 0 Å². The van der Waals surface area contributed by atoms with E-state index in [1.54, 1.807) is 56.7 Å². The molecule has 5 rings (SSSR count). The number of aromatic nitrogens is 2. The summed E-state index contributed by atoms with van der Waals surface area (Å²) >= 11 is 0. The van der Waals surface area contributed by atoms with Crippen molar-refractivity contribution in [3.8, 4) is 5.69 Å². The first-order chi connectivity index (χ1) is 26.5. The molecule has 3 aromatic rings. The molecule has 56 heavy (non-hydrogen) atoms. The molecule has 0 radical (unpaired) electrons. The zero-order chi connectivity index (χ0) is 40.6. The summed E-state index contributed by atoms with van der Waals surface area (Å²) in [6, 6.07) is 18.2. The van der Waals surface area contributed by atoms with Crippen LogP contribution >= 0.6 is 0 Å². The van der Waals surface area contributed by atoms with Crippen molar-refractivity contribution in [3.05, 3.63) is 88.5 Å². The van der Waals surface area contributed by atoms with Gasteiger partial charge in [0.05, 0.1) is 5.69 Å². The summed E-state index contributed by atoms with van der Waals surface area (Å²) in [5, 5.41) is 8.36. The van der Waals surface area contributed by atoms with E-state index in [1.807, 2.05) is 68.4 Å². The van der Waals surface area contributed by atoms with Crippen molar-refractivity contribution < 1.29 is 28.7 Å². The molecule has 5 amide bonds. The number of amides is 5. The fourth-order valence-electron chi connectivity index (χ4n) is 6.97. The van der Waals surface area contributed by atoms with E-state index in [9.17, 15) is 24.0 Å². The van der Waals surface area contributed by atoms with E-state index in [0.29, 0.717) is 11.6 Å². The number of hydrogen-bond donors (Lipinski definition) is 3. The van der Waals surface area contributed by atoms with Crippen LogP contribution in [0, 0.1) is 5.92 Å². The number of urea groups is 1. The van der Waals surface area contributed by atoms with E-state index >= 15 is 0 Å². The lowest BCUT2D eigenvalue weighted by atomic mass is 9.90. The van der Waals surface area contributed by atoms with Crippen molar-refractivity contribution in [1.29, 1.82) is 0 Å². The number of alkyl carbamates (subject to hydrolysis) is 2. The van der Waals surface area contributed by atoms with E-state index in [1.165, 1.54) is 4.57 Å². The summed E-state index contributed by atoms with van der Waals surface area (Å²) in [7, 11) is 0. The molecule has 2 atom stereocenters. The number of nitrogens with zero attached hydrogens (tertiary/aromatic N) is 5. The summed E-state index contributed by atoms with van der Waals surface area (Å²) < 4.78 is 12.1. The summed E-state index contributed by atoms with van der Waals surface area (Å²) in [6.07, 6.45) is 2.42. The quantitative estimate of drug-likeness (QED) is 0.253. The number of benzene rings is 2. The predicted molar refractivity (Wildman–Crippen MR) is 212 cm³/mol. The van der Waals surface area contributed by atoms with E-state index < -0.39 is 35.0 Å². The minimum Gasteiger partial charge on any atom is -0.445 e. The van der Waals surface area contributed by atoms with Crippen LogP contribution in [0.2, 0.25) is 0 Å². The number of piperidine rings is 1. The number of carbonyl (C=O) groups excluding carboxylic acids is 4. The minimum absolute atomic E-state index is 0.0121. The number of likely N-dealkylation sites (tertiary alicyclic amines) is 1. The standard InChI is InChI=1S/C41H56N8O7/c1-28-25-47(23-24-48(28)35(50)41(6,7)45-39(54)56-40(3,4)5)36(51)43-34-19-22-49(37(52)44-34)33-15-13-30(14-16-33)26-46-20-17-32(18-21-46)29(2)42-38(53)55-27-31-11-9-8-10-12-31/h8-16,19,22,28-29,32H,17-18,20-21,23-27H2,1-7H3,(H,42,53)(H,45,54)(H,43,44,51,52)/t28-,29+/m1/s1. The van der Waals surface area contributed by atoms with Crippen LogP contribution in [-0.4, -0.2) is 104 Å². The van der Waals surface area contributed by atoms with Gasteiger partial charge in [0.15, 0.2) is 0 Å². The Bertz CT molecular complexity index is 1890. The molecule has 0 aliphatic carbocycles. The lowest BCUT2D eigenvalue weighted by molar-refractivity contribution is -0.141. The lowest BCUT2D eigenvalue weighted by Crippen LogP contribution is -2.63. The predicted octanol–water partition coefficient (Wildman–Crippen LogP) is 5.13. The van der Waals surface area contributed by atoms with Crippen molar-refractivity contribution in [2.45, 2.75) is 97.7 Å². The average Bonchev–Trinajstić information content (AvgIpc) is 3.14. The van der Waals surface area contributed by atoms with Gasteiger partial charge in [-0.2, -0.15) is 4.98 Å². The monoisotopic (exact) mass is 772 g/mol. The molecule has 2 fully saturated rings. The SMILES string of the molecule is C[C@H](NC(=O)OCc1ccccc1)C1CCN(Cc2ccc(-n3ccc(NC(=O)N4CCN(C(=O)C(C)(C)NC(=O)OC(C)(C)C)[C@H](C)C4)nc3=O)cc2)CC1. The highest BCUT2D eigenvalue weighted by Gasteiger charge is 2.39. The number of ether oxygens (including phenoxy) is 2. The summed E-state index contributed by atoms with van der Waals surface area (Å²) in [4.78, 5) is 73.9. The van der Waals surface area contributed by atoms with Crippen molar-refractivity contribution in [2.24, 2.45) is 5.92 Å². The number of piperazine rings is 1. The Morgan fingerprint density at radius 3 is 2.18 bits per heavy atom. The van der Waals surface area contributed by atoms with Gasteiger partial charge in [-0.1, -0.05) is 42.5 Å². The molecule has 2 aliphatic heterocycles. The Morgan fingerprint density at radius 1 is 0.875 bits per heavy atom. The molecule has 2 saturated heterocycles. The zero-order valence-corrected chi connectivity index (χ0v) is 33.5. The molecule has 302 valence electrons. The molecule has 1 aromatic heterocycles. The highest BCUT2D eigenvalue weighted by molar-refractivity contribution is 5.91. The fraction of sp³-hybridized carbons (Fsp3) is 0.512. The highest BCUT2D eigenvalue weighted by atomic mass is 16.6. The molecular formula is C41H56N8O7. The van der Waals surface area contributed by atoms with Crippen LogP contribution in [0.25, 0.3) is 5.69 Å². The van der Waals surface area contributed by atoms with Gasteiger partial charge in [0.1, 0.15) is 23.6 Å². The van der Waals surface area contributed by atoms with E-state index in [-0.39, 0.29) is 50.0 Å². The first kappa shape index (κ1) is 41.7. The number of anilines is 1. The van der Waals surface area contributed by atoms with E-state index in [4.69, 9.17) is 9.47 Å². The van der Waals surface area contributed by atoms with Crippen LogP contribution in [0.15, 0.2) is 71.7 Å². The summed E-state index contributed by atoms with van der Waals surface area (Å²) in [5.74, 6) is 0.205. The molecule has 15 heteroatoms. The normalized spacial score (nSPS) is 17.4. The Balaban J connectivity index is 1.06. The smallest absolute Gasteiger partial charge is 0.408 e. The average molecular weight is 773 g/mol. The number of carbonyl (C=O) groups is 4. The topological polar surface area (TPSA) is 167 Å². The second-order valence-electron chi connectivity index (χ2n) is 16.2. The van der Waals surface area contributed by atoms with Gasteiger partial charge in [-0.3, -0.25) is 19.6 Å². The molecule has 0 saturated carbocycles. The van der Waals surface area contributed by atoms with Crippen LogP contribution in [0.5, 0.6) is 0 Å². The molecule has 3 N–H and O–H groups in total. The van der Waals surface area contributed by atoms with Crippen molar-refractivity contribution >= 4 is 29.9 Å². The van der Waals surface area contributed by atoms with E-state index in [0.717, 1.165) is 43.6 Å². The first-order valence-corrected chi connectivity index (χ1v) is 19.2. The van der Waals surface area contributed by atoms with Gasteiger partial charge in [-0.25, -0.2) is 19.2 Å². The van der Waals surface area contributed by atoms with Crippen LogP contribution in [0.1, 0.15) is 72.4 Å². The van der Waals surface area contributed by atoms with E-state index in [2.05, 4.69) is 25.8 Å². The number of rotatable bonds is 10. The third-order valence-corrected chi connectivity index (χ3v) is 10.1. The molecular weight excluding hydrogens is 716 g/mol. The fourth-order valence-corrected chi connectivity index (χ4v) is 6.97. The van der Waals surface area contributed by atoms with Crippen molar-refractivity contribution in [1.82, 2.24) is 34.9 Å². The third kappa shape index (κ3) is 11.5. The van der Waals surface area contributed by atoms with Gasteiger partial charge < -0.3 is 29.9 Å². The van der Waals surface area contributed by atoms with Crippen molar-refractivity contribution in [2.75, 3.05) is 38.0 Å². The van der Waals surface area contributed by atoms with Crippen molar-refractivity contribution in [3.63, 3.8) is 0 Å². The highest BCUT2D eigenvalue weighted by Crippen LogP contribution is 2.23. The first-order valence-electron chi connectivity index (χ1n) is 19.2. The molecule has 3 heterocycles. The van der Waals surface area contributed by atoms with Crippen LogP contribution in [-0.2, 0) is 27.4 Å². The number of hydrogen-bond acceptors (Lipinski definition) is 9.